The van der Waals surface area contributed by atoms with Gasteiger partial charge in [-0.1, -0.05) is 6.42 Å². The Morgan fingerprint density at radius 2 is 2.07 bits per heavy atom. The average Bonchev–Trinajstić information content (AvgIpc) is 2.19. The summed E-state index contributed by atoms with van der Waals surface area (Å²) >= 11 is 0. The maximum atomic E-state index is 5.56. The lowest BCUT2D eigenvalue weighted by Crippen LogP contribution is -2.33. The zero-order valence-corrected chi connectivity index (χ0v) is 9.19. The van der Waals surface area contributed by atoms with E-state index in [-0.39, 0.29) is 0 Å². The van der Waals surface area contributed by atoms with Gasteiger partial charge < -0.3 is 10.6 Å². The first kappa shape index (κ1) is 10.2. The van der Waals surface area contributed by atoms with Crippen molar-refractivity contribution in [3.8, 4) is 0 Å². The van der Waals surface area contributed by atoms with Crippen molar-refractivity contribution in [3.05, 3.63) is 12.4 Å². The van der Waals surface area contributed by atoms with Crippen LogP contribution in [0.25, 0.3) is 0 Å². The summed E-state index contributed by atoms with van der Waals surface area (Å²) in [6.45, 7) is 4.18. The number of hydrogen-bond acceptors (Lipinski definition) is 4. The first-order valence-corrected chi connectivity index (χ1v) is 5.62. The van der Waals surface area contributed by atoms with Gasteiger partial charge in [0.25, 0.3) is 0 Å². The van der Waals surface area contributed by atoms with Crippen LogP contribution in [0.5, 0.6) is 0 Å². The number of aromatic nitrogens is 2. The number of anilines is 2. The Morgan fingerprint density at radius 3 is 2.53 bits per heavy atom. The molecule has 0 atom stereocenters. The maximum Gasteiger partial charge on any atom is 0.225 e. The topological polar surface area (TPSA) is 55.0 Å². The molecular weight excluding hydrogens is 188 g/mol. The Labute approximate surface area is 90.5 Å². The SMILES string of the molecule is CCN(CC1CCC1)c1ncc(N)cn1. The number of rotatable bonds is 4. The molecule has 1 aromatic heterocycles. The van der Waals surface area contributed by atoms with Crippen LogP contribution in [0.1, 0.15) is 26.2 Å². The largest absolute Gasteiger partial charge is 0.396 e. The molecule has 0 aliphatic heterocycles. The fraction of sp³-hybridized carbons (Fsp3) is 0.636. The van der Waals surface area contributed by atoms with E-state index in [1.54, 1.807) is 12.4 Å². The average molecular weight is 206 g/mol. The number of nitrogens with zero attached hydrogens (tertiary/aromatic N) is 3. The molecule has 1 aliphatic carbocycles. The van der Waals surface area contributed by atoms with Gasteiger partial charge in [0.15, 0.2) is 0 Å². The summed E-state index contributed by atoms with van der Waals surface area (Å²) in [5, 5.41) is 0. The monoisotopic (exact) mass is 206 g/mol. The minimum absolute atomic E-state index is 0.624. The van der Waals surface area contributed by atoms with Gasteiger partial charge in [-0.15, -0.1) is 0 Å². The second-order valence-electron chi connectivity index (χ2n) is 4.15. The van der Waals surface area contributed by atoms with Crippen molar-refractivity contribution in [1.29, 1.82) is 0 Å². The second-order valence-corrected chi connectivity index (χ2v) is 4.15. The smallest absolute Gasteiger partial charge is 0.225 e. The third-order valence-corrected chi connectivity index (χ3v) is 3.03. The Morgan fingerprint density at radius 1 is 1.40 bits per heavy atom. The molecule has 82 valence electrons. The number of nitrogen functional groups attached to an aromatic ring is 1. The highest BCUT2D eigenvalue weighted by molar-refractivity contribution is 5.37. The molecule has 0 unspecified atom stereocenters. The van der Waals surface area contributed by atoms with E-state index in [1.165, 1.54) is 19.3 Å². The molecule has 4 heteroatoms. The summed E-state index contributed by atoms with van der Waals surface area (Å²) in [5.41, 5.74) is 6.19. The molecule has 1 saturated carbocycles. The Bertz CT molecular complexity index is 305. The lowest BCUT2D eigenvalue weighted by atomic mass is 9.85. The van der Waals surface area contributed by atoms with E-state index < -0.39 is 0 Å². The van der Waals surface area contributed by atoms with E-state index in [0.717, 1.165) is 25.0 Å². The minimum atomic E-state index is 0.624. The highest BCUT2D eigenvalue weighted by atomic mass is 15.2. The standard InChI is InChI=1S/C11H18N4/c1-2-15(8-9-4-3-5-9)11-13-6-10(12)7-14-11/h6-7,9H,2-5,8,12H2,1H3. The van der Waals surface area contributed by atoms with Gasteiger partial charge in [0, 0.05) is 13.1 Å². The van der Waals surface area contributed by atoms with Gasteiger partial charge in [-0.25, -0.2) is 9.97 Å². The minimum Gasteiger partial charge on any atom is -0.396 e. The lowest BCUT2D eigenvalue weighted by molar-refractivity contribution is 0.317. The van der Waals surface area contributed by atoms with Gasteiger partial charge in [0.05, 0.1) is 18.1 Å². The molecule has 4 nitrogen and oxygen atoms in total. The molecule has 1 aliphatic rings. The molecule has 0 bridgehead atoms. The van der Waals surface area contributed by atoms with Gasteiger partial charge in [0.2, 0.25) is 5.95 Å². The van der Waals surface area contributed by atoms with Gasteiger partial charge in [-0.2, -0.15) is 0 Å². The number of nitrogens with two attached hydrogens (primary N) is 1. The van der Waals surface area contributed by atoms with Gasteiger partial charge in [-0.3, -0.25) is 0 Å². The lowest BCUT2D eigenvalue weighted by Gasteiger charge is -2.31. The molecule has 1 fully saturated rings. The zero-order valence-electron chi connectivity index (χ0n) is 9.19. The first-order chi connectivity index (χ1) is 7.29. The summed E-state index contributed by atoms with van der Waals surface area (Å²) < 4.78 is 0. The molecule has 0 saturated heterocycles. The van der Waals surface area contributed by atoms with E-state index in [4.69, 9.17) is 5.73 Å². The van der Waals surface area contributed by atoms with Crippen LogP contribution in [-0.2, 0) is 0 Å². The van der Waals surface area contributed by atoms with Crippen LogP contribution in [0.15, 0.2) is 12.4 Å². The van der Waals surface area contributed by atoms with Crippen molar-refractivity contribution < 1.29 is 0 Å². The van der Waals surface area contributed by atoms with Crippen LogP contribution >= 0.6 is 0 Å². The van der Waals surface area contributed by atoms with Crippen molar-refractivity contribution >= 4 is 11.6 Å². The van der Waals surface area contributed by atoms with Crippen molar-refractivity contribution in [2.75, 3.05) is 23.7 Å². The van der Waals surface area contributed by atoms with E-state index in [1.807, 2.05) is 0 Å². The van der Waals surface area contributed by atoms with Crippen molar-refractivity contribution in [3.63, 3.8) is 0 Å². The Kier molecular flexibility index (Phi) is 3.04. The zero-order chi connectivity index (χ0) is 10.7. The normalized spacial score (nSPS) is 16.1. The second kappa shape index (κ2) is 4.47. The molecule has 0 spiro atoms. The van der Waals surface area contributed by atoms with Crippen LogP contribution in [0.2, 0.25) is 0 Å². The quantitative estimate of drug-likeness (QED) is 0.814. The third-order valence-electron chi connectivity index (χ3n) is 3.03. The fourth-order valence-corrected chi connectivity index (χ4v) is 1.83. The van der Waals surface area contributed by atoms with Gasteiger partial charge in [-0.05, 0) is 25.7 Å². The van der Waals surface area contributed by atoms with E-state index in [9.17, 15) is 0 Å². The summed E-state index contributed by atoms with van der Waals surface area (Å²) in [6.07, 6.45) is 7.43. The Hall–Kier alpha value is -1.32. The van der Waals surface area contributed by atoms with Crippen molar-refractivity contribution in [2.24, 2.45) is 5.92 Å². The predicted octanol–water partition coefficient (Wildman–Crippen LogP) is 1.69. The van der Waals surface area contributed by atoms with Gasteiger partial charge >= 0.3 is 0 Å². The van der Waals surface area contributed by atoms with Crippen LogP contribution in [0.3, 0.4) is 0 Å². The number of hydrogen-bond donors (Lipinski definition) is 1. The molecule has 1 heterocycles. The first-order valence-electron chi connectivity index (χ1n) is 5.62. The van der Waals surface area contributed by atoms with E-state index in [2.05, 4.69) is 21.8 Å². The molecule has 15 heavy (non-hydrogen) atoms. The van der Waals surface area contributed by atoms with Crippen LogP contribution < -0.4 is 10.6 Å². The molecule has 0 amide bonds. The van der Waals surface area contributed by atoms with Crippen molar-refractivity contribution in [1.82, 2.24) is 9.97 Å². The molecule has 2 rings (SSSR count). The highest BCUT2D eigenvalue weighted by Gasteiger charge is 2.21. The van der Waals surface area contributed by atoms with E-state index >= 15 is 0 Å². The molecule has 2 N–H and O–H groups in total. The summed E-state index contributed by atoms with van der Waals surface area (Å²) in [6, 6.07) is 0. The summed E-state index contributed by atoms with van der Waals surface area (Å²) in [4.78, 5) is 10.7. The molecular formula is C11H18N4. The van der Waals surface area contributed by atoms with Crippen LogP contribution in [0.4, 0.5) is 11.6 Å². The molecule has 0 radical (unpaired) electrons. The van der Waals surface area contributed by atoms with E-state index in [0.29, 0.717) is 5.69 Å². The third kappa shape index (κ3) is 2.37. The maximum absolute atomic E-state index is 5.56. The van der Waals surface area contributed by atoms with Gasteiger partial charge in [0.1, 0.15) is 0 Å². The van der Waals surface area contributed by atoms with Crippen LogP contribution in [0, 0.1) is 5.92 Å². The summed E-state index contributed by atoms with van der Waals surface area (Å²) in [5.74, 6) is 1.64. The van der Waals surface area contributed by atoms with Crippen LogP contribution in [-0.4, -0.2) is 23.1 Å². The molecule has 1 aromatic rings. The summed E-state index contributed by atoms with van der Waals surface area (Å²) in [7, 11) is 0. The fourth-order valence-electron chi connectivity index (χ4n) is 1.83. The highest BCUT2D eigenvalue weighted by Crippen LogP contribution is 2.27. The Balaban J connectivity index is 2.01. The van der Waals surface area contributed by atoms with Crippen molar-refractivity contribution in [2.45, 2.75) is 26.2 Å². The predicted molar refractivity (Wildman–Crippen MR) is 61.7 cm³/mol. The molecule has 0 aromatic carbocycles.